The number of aryl methyl sites for hydroxylation is 1. The van der Waals surface area contributed by atoms with E-state index in [-0.39, 0.29) is 24.3 Å². The predicted molar refractivity (Wildman–Crippen MR) is 100 cm³/mol. The van der Waals surface area contributed by atoms with Gasteiger partial charge in [0.25, 0.3) is 0 Å². The summed E-state index contributed by atoms with van der Waals surface area (Å²) < 4.78 is 6.98. The number of hydrogen-bond donors (Lipinski definition) is 0. The maximum atomic E-state index is 13.3. The van der Waals surface area contributed by atoms with Crippen molar-refractivity contribution in [2.24, 2.45) is 13.0 Å². The summed E-state index contributed by atoms with van der Waals surface area (Å²) in [7, 11) is 5.10. The van der Waals surface area contributed by atoms with E-state index in [2.05, 4.69) is 10.1 Å². The zero-order chi connectivity index (χ0) is 19.7. The lowest BCUT2D eigenvalue weighted by atomic mass is 9.92. The highest BCUT2D eigenvalue weighted by Crippen LogP contribution is 2.40. The maximum Gasteiger partial charge on any atom is 0.233 e. The van der Waals surface area contributed by atoms with Crippen molar-refractivity contribution in [2.75, 3.05) is 25.6 Å². The van der Waals surface area contributed by atoms with Crippen molar-refractivity contribution < 1.29 is 14.3 Å². The van der Waals surface area contributed by atoms with E-state index in [1.54, 1.807) is 48.3 Å². The molecule has 1 aliphatic rings. The molecule has 0 N–H and O–H groups in total. The largest absolute Gasteiger partial charge is 0.497 e. The van der Waals surface area contributed by atoms with Gasteiger partial charge in [0.05, 0.1) is 25.3 Å². The Morgan fingerprint density at radius 1 is 1.44 bits per heavy atom. The molecule has 0 aromatic carbocycles. The minimum Gasteiger partial charge on any atom is -0.497 e. The molecule has 144 valence electrons. The highest BCUT2D eigenvalue weighted by atomic mass is 16.5. The van der Waals surface area contributed by atoms with Crippen molar-refractivity contribution in [1.29, 1.82) is 0 Å². The highest BCUT2D eigenvalue weighted by Gasteiger charge is 2.46. The number of anilines is 1. The summed E-state index contributed by atoms with van der Waals surface area (Å²) in [6.45, 7) is 4.42. The smallest absolute Gasteiger partial charge is 0.233 e. The highest BCUT2D eigenvalue weighted by molar-refractivity contribution is 5.98. The lowest BCUT2D eigenvalue weighted by Gasteiger charge is -2.29. The predicted octanol–water partition coefficient (Wildman–Crippen LogP) is 1.70. The average molecular weight is 371 g/mol. The molecule has 2 amide bonds. The van der Waals surface area contributed by atoms with Crippen LogP contribution >= 0.6 is 0 Å². The van der Waals surface area contributed by atoms with E-state index in [0.29, 0.717) is 18.1 Å². The molecule has 2 atom stereocenters. The number of pyridine rings is 1. The molecule has 2 aromatic heterocycles. The number of hydrogen-bond acceptors (Lipinski definition) is 5. The molecular formula is C19H25N5O3. The third-order valence-electron chi connectivity index (χ3n) is 5.31. The van der Waals surface area contributed by atoms with Gasteiger partial charge in [-0.3, -0.25) is 19.2 Å². The number of amides is 2. The molecule has 8 nitrogen and oxygen atoms in total. The molecule has 8 heteroatoms. The van der Waals surface area contributed by atoms with Gasteiger partial charge in [-0.05, 0) is 19.9 Å². The summed E-state index contributed by atoms with van der Waals surface area (Å²) in [4.78, 5) is 33.4. The maximum absolute atomic E-state index is 13.3. The number of aromatic nitrogens is 3. The van der Waals surface area contributed by atoms with E-state index in [0.717, 1.165) is 11.3 Å². The van der Waals surface area contributed by atoms with Crippen molar-refractivity contribution in [3.63, 3.8) is 0 Å². The Kier molecular flexibility index (Phi) is 5.16. The van der Waals surface area contributed by atoms with Crippen LogP contribution in [0.5, 0.6) is 5.75 Å². The Hall–Kier alpha value is -2.90. The van der Waals surface area contributed by atoms with Crippen LogP contribution in [-0.2, 0) is 16.6 Å². The fraction of sp³-hybridized carbons (Fsp3) is 0.474. The van der Waals surface area contributed by atoms with Crippen LogP contribution in [0.4, 0.5) is 5.82 Å². The van der Waals surface area contributed by atoms with E-state index in [1.165, 1.54) is 4.90 Å². The first-order valence-corrected chi connectivity index (χ1v) is 8.94. The number of carbonyl (C=O) groups is 2. The molecule has 3 heterocycles. The van der Waals surface area contributed by atoms with Gasteiger partial charge in [0, 0.05) is 50.6 Å². The van der Waals surface area contributed by atoms with Crippen LogP contribution in [0.2, 0.25) is 0 Å². The van der Waals surface area contributed by atoms with Gasteiger partial charge in [0.1, 0.15) is 11.6 Å². The number of nitrogens with zero attached hydrogens (tertiary/aromatic N) is 5. The number of likely N-dealkylation sites (tertiary alicyclic amines) is 1. The van der Waals surface area contributed by atoms with Gasteiger partial charge in [0.2, 0.25) is 11.8 Å². The Morgan fingerprint density at radius 3 is 2.78 bits per heavy atom. The van der Waals surface area contributed by atoms with Crippen molar-refractivity contribution in [3.05, 3.63) is 35.8 Å². The van der Waals surface area contributed by atoms with Crippen molar-refractivity contribution in [1.82, 2.24) is 19.7 Å². The van der Waals surface area contributed by atoms with Gasteiger partial charge in [-0.2, -0.15) is 5.10 Å². The minimum atomic E-state index is -0.488. The van der Waals surface area contributed by atoms with E-state index in [9.17, 15) is 9.59 Å². The Labute approximate surface area is 158 Å². The monoisotopic (exact) mass is 371 g/mol. The molecule has 0 spiro atoms. The first-order chi connectivity index (χ1) is 12.9. The summed E-state index contributed by atoms with van der Waals surface area (Å²) in [5.41, 5.74) is 1.86. The third-order valence-corrected chi connectivity index (χ3v) is 5.31. The quantitative estimate of drug-likeness (QED) is 0.799. The Bertz CT molecular complexity index is 863. The van der Waals surface area contributed by atoms with Crippen LogP contribution in [0, 0.1) is 12.8 Å². The van der Waals surface area contributed by atoms with Gasteiger partial charge in [0.15, 0.2) is 0 Å². The molecule has 27 heavy (non-hydrogen) atoms. The second kappa shape index (κ2) is 7.38. The summed E-state index contributed by atoms with van der Waals surface area (Å²) in [5.74, 6) is 0.461. The number of carbonyl (C=O) groups excluding carboxylic acids is 2. The normalized spacial score (nSPS) is 19.4. The van der Waals surface area contributed by atoms with Gasteiger partial charge in [-0.25, -0.2) is 4.98 Å². The molecule has 1 fully saturated rings. The molecule has 0 bridgehead atoms. The summed E-state index contributed by atoms with van der Waals surface area (Å²) >= 11 is 0. The molecule has 0 unspecified atom stereocenters. The molecule has 3 rings (SSSR count). The van der Waals surface area contributed by atoms with Crippen LogP contribution < -0.4 is 9.64 Å². The number of ether oxygens (including phenoxy) is 1. The van der Waals surface area contributed by atoms with Crippen LogP contribution in [0.15, 0.2) is 24.5 Å². The van der Waals surface area contributed by atoms with Gasteiger partial charge < -0.3 is 9.64 Å². The minimum absolute atomic E-state index is 0.0175. The van der Waals surface area contributed by atoms with E-state index in [1.807, 2.05) is 20.9 Å². The molecular weight excluding hydrogens is 346 g/mol. The van der Waals surface area contributed by atoms with Crippen LogP contribution in [0.25, 0.3) is 0 Å². The fourth-order valence-electron chi connectivity index (χ4n) is 3.65. The topological polar surface area (TPSA) is 80.6 Å². The standard InChI is InChI=1S/C19H25N5O3/c1-6-24-17(25)10-14(18(24)15-11-21-23(4)12(15)2)19(26)22(3)16-9-13(27-5)7-8-20-16/h7-9,11,14,18H,6,10H2,1-5H3/t14-,18-/m0/s1. The van der Waals surface area contributed by atoms with Crippen LogP contribution in [0.3, 0.4) is 0 Å². The first-order valence-electron chi connectivity index (χ1n) is 8.94. The molecule has 2 aromatic rings. The van der Waals surface area contributed by atoms with Gasteiger partial charge in [-0.15, -0.1) is 0 Å². The second-order valence-electron chi connectivity index (χ2n) is 6.70. The summed E-state index contributed by atoms with van der Waals surface area (Å²) in [6, 6.07) is 3.11. The first kappa shape index (κ1) is 18.9. The van der Waals surface area contributed by atoms with Crippen molar-refractivity contribution >= 4 is 17.6 Å². The van der Waals surface area contributed by atoms with E-state index < -0.39 is 5.92 Å². The molecule has 1 aliphatic heterocycles. The second-order valence-corrected chi connectivity index (χ2v) is 6.70. The number of methoxy groups -OCH3 is 1. The van der Waals surface area contributed by atoms with E-state index >= 15 is 0 Å². The van der Waals surface area contributed by atoms with Crippen molar-refractivity contribution in [2.45, 2.75) is 26.3 Å². The molecule has 0 saturated carbocycles. The van der Waals surface area contributed by atoms with E-state index in [4.69, 9.17) is 4.74 Å². The zero-order valence-electron chi connectivity index (χ0n) is 16.3. The summed E-state index contributed by atoms with van der Waals surface area (Å²) in [6.07, 6.45) is 3.53. The van der Waals surface area contributed by atoms with Gasteiger partial charge >= 0.3 is 0 Å². The SMILES string of the molecule is CCN1C(=O)C[C@H](C(=O)N(C)c2cc(OC)ccn2)[C@H]1c1cnn(C)c1C. The summed E-state index contributed by atoms with van der Waals surface area (Å²) in [5, 5.41) is 4.30. The zero-order valence-corrected chi connectivity index (χ0v) is 16.3. The fourth-order valence-corrected chi connectivity index (χ4v) is 3.65. The number of rotatable bonds is 5. The van der Waals surface area contributed by atoms with Crippen LogP contribution in [-0.4, -0.2) is 52.2 Å². The molecule has 0 aliphatic carbocycles. The van der Waals surface area contributed by atoms with Gasteiger partial charge in [-0.1, -0.05) is 0 Å². The Morgan fingerprint density at radius 2 is 2.19 bits per heavy atom. The molecule has 1 saturated heterocycles. The molecule has 0 radical (unpaired) electrons. The van der Waals surface area contributed by atoms with Crippen molar-refractivity contribution in [3.8, 4) is 5.75 Å². The third kappa shape index (κ3) is 3.27. The Balaban J connectivity index is 1.96. The average Bonchev–Trinajstić information content (AvgIpc) is 3.19. The lowest BCUT2D eigenvalue weighted by Crippen LogP contribution is -2.37. The lowest BCUT2D eigenvalue weighted by molar-refractivity contribution is -0.129. The van der Waals surface area contributed by atoms with Crippen LogP contribution in [0.1, 0.15) is 30.6 Å².